The Labute approximate surface area is 155 Å². The van der Waals surface area contributed by atoms with Crippen LogP contribution in [0.2, 0.25) is 0 Å². The van der Waals surface area contributed by atoms with E-state index in [1.165, 1.54) is 24.1 Å². The zero-order valence-electron chi connectivity index (χ0n) is 14.0. The van der Waals surface area contributed by atoms with Crippen molar-refractivity contribution in [2.45, 2.75) is 26.2 Å². The summed E-state index contributed by atoms with van der Waals surface area (Å²) in [6.45, 7) is 2.22. The molecule has 7 heteroatoms. The summed E-state index contributed by atoms with van der Waals surface area (Å²) in [5.41, 5.74) is 2.33. The average molecular weight is 378 g/mol. The van der Waals surface area contributed by atoms with Crippen LogP contribution < -0.4 is 10.6 Å². The van der Waals surface area contributed by atoms with Gasteiger partial charge in [0.2, 0.25) is 0 Å². The van der Waals surface area contributed by atoms with Crippen LogP contribution >= 0.6 is 23.6 Å². The number of thiophene rings is 1. The lowest BCUT2D eigenvalue weighted by Gasteiger charge is -2.18. The van der Waals surface area contributed by atoms with E-state index in [0.29, 0.717) is 27.3 Å². The van der Waals surface area contributed by atoms with Gasteiger partial charge in [-0.1, -0.05) is 6.92 Å². The molecular weight excluding hydrogens is 359 g/mol. The lowest BCUT2D eigenvalue weighted by atomic mass is 9.88. The van der Waals surface area contributed by atoms with Crippen molar-refractivity contribution in [3.8, 4) is 0 Å². The number of anilines is 2. The molecule has 0 saturated carbocycles. The van der Waals surface area contributed by atoms with Crippen molar-refractivity contribution in [2.75, 3.05) is 17.7 Å². The molecule has 1 atom stereocenters. The maximum atomic E-state index is 13.0. The molecule has 1 aromatic carbocycles. The Kier molecular flexibility index (Phi) is 5.34. The highest BCUT2D eigenvalue weighted by molar-refractivity contribution is 7.80. The summed E-state index contributed by atoms with van der Waals surface area (Å²) in [5, 5.41) is 7.15. The lowest BCUT2D eigenvalue weighted by Crippen LogP contribution is -2.20. The van der Waals surface area contributed by atoms with Gasteiger partial charge in [0.1, 0.15) is 10.8 Å². The number of esters is 1. The molecule has 1 heterocycles. The largest absolute Gasteiger partial charge is 0.465 e. The minimum absolute atomic E-state index is 0.308. The summed E-state index contributed by atoms with van der Waals surface area (Å²) in [4.78, 5) is 13.5. The number of fused-ring (bicyclic) bond motifs is 1. The molecule has 0 amide bonds. The Morgan fingerprint density at radius 3 is 2.72 bits per heavy atom. The molecule has 1 aromatic heterocycles. The van der Waals surface area contributed by atoms with Crippen molar-refractivity contribution in [3.05, 3.63) is 46.1 Å². The molecule has 2 aromatic rings. The van der Waals surface area contributed by atoms with E-state index < -0.39 is 0 Å². The summed E-state index contributed by atoms with van der Waals surface area (Å²) < 4.78 is 18.0. The van der Waals surface area contributed by atoms with E-state index in [4.69, 9.17) is 17.0 Å². The molecule has 1 aliphatic carbocycles. The fourth-order valence-electron chi connectivity index (χ4n) is 2.96. The van der Waals surface area contributed by atoms with E-state index in [1.54, 1.807) is 23.5 Å². The fraction of sp³-hybridized carbons (Fsp3) is 0.333. The monoisotopic (exact) mass is 378 g/mol. The molecule has 0 radical (unpaired) electrons. The molecule has 132 valence electrons. The zero-order chi connectivity index (χ0) is 18.0. The topological polar surface area (TPSA) is 50.4 Å². The molecule has 0 spiro atoms. The van der Waals surface area contributed by atoms with Crippen LogP contribution in [0.3, 0.4) is 0 Å². The van der Waals surface area contributed by atoms with Crippen LogP contribution in [0, 0.1) is 11.7 Å². The van der Waals surface area contributed by atoms with Crippen LogP contribution in [0.5, 0.6) is 0 Å². The summed E-state index contributed by atoms with van der Waals surface area (Å²) >= 11 is 6.89. The second kappa shape index (κ2) is 7.49. The third-order valence-corrected chi connectivity index (χ3v) is 5.60. The number of rotatable bonds is 3. The molecular formula is C18H19FN2O2S2. The van der Waals surface area contributed by atoms with Crippen LogP contribution in [0.25, 0.3) is 0 Å². The van der Waals surface area contributed by atoms with E-state index in [0.717, 1.165) is 24.8 Å². The Hall–Kier alpha value is -1.99. The number of hydrogen-bond donors (Lipinski definition) is 2. The molecule has 0 aliphatic heterocycles. The predicted molar refractivity (Wildman–Crippen MR) is 103 cm³/mol. The minimum atomic E-state index is -0.348. The van der Waals surface area contributed by atoms with Crippen LogP contribution in [-0.2, 0) is 17.6 Å². The Balaban J connectivity index is 1.82. The number of thiocarbonyl (C=S) groups is 1. The van der Waals surface area contributed by atoms with Gasteiger partial charge in [0.25, 0.3) is 0 Å². The van der Waals surface area contributed by atoms with Crippen molar-refractivity contribution in [2.24, 2.45) is 5.92 Å². The van der Waals surface area contributed by atoms with E-state index >= 15 is 0 Å². The third-order valence-electron chi connectivity index (χ3n) is 4.23. The van der Waals surface area contributed by atoms with Gasteiger partial charge in [0, 0.05) is 10.6 Å². The van der Waals surface area contributed by atoms with Crippen molar-refractivity contribution < 1.29 is 13.9 Å². The first-order valence-corrected chi connectivity index (χ1v) is 9.26. The number of nitrogens with one attached hydrogen (secondary N) is 2. The predicted octanol–water partition coefficient (Wildman–Crippen LogP) is 4.61. The molecule has 25 heavy (non-hydrogen) atoms. The van der Waals surface area contributed by atoms with Crippen molar-refractivity contribution >= 4 is 45.3 Å². The Morgan fingerprint density at radius 1 is 1.32 bits per heavy atom. The Bertz CT molecular complexity index is 802. The molecule has 4 nitrogen and oxygen atoms in total. The summed E-state index contributed by atoms with van der Waals surface area (Å²) in [5.74, 6) is -0.0506. The highest BCUT2D eigenvalue weighted by Crippen LogP contribution is 2.40. The van der Waals surface area contributed by atoms with Gasteiger partial charge < -0.3 is 15.4 Å². The quantitative estimate of drug-likeness (QED) is 0.603. The van der Waals surface area contributed by atoms with Crippen LogP contribution in [0.15, 0.2) is 24.3 Å². The van der Waals surface area contributed by atoms with Crippen LogP contribution in [-0.4, -0.2) is 18.2 Å². The molecule has 1 aliphatic rings. The summed E-state index contributed by atoms with van der Waals surface area (Å²) in [7, 11) is 1.39. The SMILES string of the molecule is COC(=O)c1c(NC(=S)Nc2ccc(F)cc2)sc2c1CCC(C)C2. The standard InChI is InChI=1S/C18H19FN2O2S2/c1-10-3-8-13-14(9-10)25-16(15(13)17(22)23-2)21-18(24)20-12-6-4-11(19)5-7-12/h4-7,10H,3,8-9H2,1-2H3,(H2,20,21,24). The normalized spacial score (nSPS) is 16.0. The van der Waals surface area contributed by atoms with Crippen molar-refractivity contribution in [1.29, 1.82) is 0 Å². The maximum absolute atomic E-state index is 13.0. The summed E-state index contributed by atoms with van der Waals surface area (Å²) in [6, 6.07) is 5.92. The van der Waals surface area contributed by atoms with Gasteiger partial charge in [-0.2, -0.15) is 0 Å². The van der Waals surface area contributed by atoms with Gasteiger partial charge in [-0.25, -0.2) is 9.18 Å². The first-order valence-electron chi connectivity index (χ1n) is 8.04. The second-order valence-electron chi connectivity index (χ2n) is 6.13. The molecule has 2 N–H and O–H groups in total. The van der Waals surface area contributed by atoms with Gasteiger partial charge in [0.15, 0.2) is 5.11 Å². The lowest BCUT2D eigenvalue weighted by molar-refractivity contribution is 0.0601. The van der Waals surface area contributed by atoms with E-state index in [2.05, 4.69) is 17.6 Å². The zero-order valence-corrected chi connectivity index (χ0v) is 15.7. The number of methoxy groups -OCH3 is 1. The minimum Gasteiger partial charge on any atom is -0.465 e. The van der Waals surface area contributed by atoms with E-state index in [-0.39, 0.29) is 11.8 Å². The van der Waals surface area contributed by atoms with E-state index in [9.17, 15) is 9.18 Å². The average Bonchev–Trinajstić information content (AvgIpc) is 2.92. The first-order chi connectivity index (χ1) is 12.0. The maximum Gasteiger partial charge on any atom is 0.341 e. The fourth-order valence-corrected chi connectivity index (χ4v) is 4.64. The summed E-state index contributed by atoms with van der Waals surface area (Å²) in [6.07, 6.45) is 2.90. The van der Waals surface area contributed by atoms with Gasteiger partial charge in [-0.3, -0.25) is 0 Å². The number of ether oxygens (including phenoxy) is 1. The number of hydrogen-bond acceptors (Lipinski definition) is 4. The molecule has 0 fully saturated rings. The van der Waals surface area contributed by atoms with Crippen LogP contribution in [0.4, 0.5) is 15.1 Å². The highest BCUT2D eigenvalue weighted by Gasteiger charge is 2.28. The number of halogens is 1. The number of benzene rings is 1. The molecule has 0 bridgehead atoms. The smallest absolute Gasteiger partial charge is 0.341 e. The molecule has 1 unspecified atom stereocenters. The van der Waals surface area contributed by atoms with Crippen molar-refractivity contribution in [1.82, 2.24) is 0 Å². The molecule has 0 saturated heterocycles. The Morgan fingerprint density at radius 2 is 2.04 bits per heavy atom. The van der Waals surface area contributed by atoms with Gasteiger partial charge in [-0.15, -0.1) is 11.3 Å². The number of carbonyl (C=O) groups excluding carboxylic acids is 1. The molecule has 3 rings (SSSR count). The van der Waals surface area contributed by atoms with E-state index in [1.807, 2.05) is 0 Å². The highest BCUT2D eigenvalue weighted by atomic mass is 32.1. The van der Waals surface area contributed by atoms with Gasteiger partial charge in [0.05, 0.1) is 12.7 Å². The van der Waals surface area contributed by atoms with Gasteiger partial charge in [-0.05, 0) is 67.2 Å². The third kappa shape index (κ3) is 3.99. The van der Waals surface area contributed by atoms with Gasteiger partial charge >= 0.3 is 5.97 Å². The number of carbonyl (C=O) groups is 1. The van der Waals surface area contributed by atoms with Crippen LogP contribution in [0.1, 0.15) is 34.1 Å². The second-order valence-corrected chi connectivity index (χ2v) is 7.65. The first kappa shape index (κ1) is 17.8. The van der Waals surface area contributed by atoms with Crippen molar-refractivity contribution in [3.63, 3.8) is 0 Å².